The average Bonchev–Trinajstić information content (AvgIpc) is 3.22. The molecule has 1 atom stereocenters. The highest BCUT2D eigenvalue weighted by molar-refractivity contribution is 5.94. The smallest absolute Gasteiger partial charge is 0.339 e. The predicted molar refractivity (Wildman–Crippen MR) is 96.9 cm³/mol. The van der Waals surface area contributed by atoms with Crippen LogP contribution in [0.3, 0.4) is 0 Å². The molecule has 8 nitrogen and oxygen atoms in total. The Hall–Kier alpha value is -3.37. The lowest BCUT2D eigenvalue weighted by Gasteiger charge is -2.32. The summed E-state index contributed by atoms with van der Waals surface area (Å²) in [5.41, 5.74) is -0.389. The van der Waals surface area contributed by atoms with Crippen molar-refractivity contribution in [2.45, 2.75) is 25.4 Å². The fraction of sp³-hybridized carbons (Fsp3) is 0.368. The van der Waals surface area contributed by atoms with Crippen LogP contribution in [0.4, 0.5) is 13.2 Å². The molecule has 0 N–H and O–H groups in total. The normalized spacial score (nSPS) is 17.2. The van der Waals surface area contributed by atoms with E-state index in [1.807, 2.05) is 0 Å². The number of pyridine rings is 1. The van der Waals surface area contributed by atoms with Crippen molar-refractivity contribution in [3.63, 3.8) is 0 Å². The first-order valence-corrected chi connectivity index (χ1v) is 9.31. The van der Waals surface area contributed by atoms with Gasteiger partial charge in [-0.05, 0) is 30.9 Å². The van der Waals surface area contributed by atoms with Crippen LogP contribution >= 0.6 is 0 Å². The van der Waals surface area contributed by atoms with Crippen LogP contribution in [0.1, 0.15) is 34.8 Å². The van der Waals surface area contributed by atoms with E-state index in [9.17, 15) is 18.0 Å². The van der Waals surface area contributed by atoms with Gasteiger partial charge in [0, 0.05) is 38.1 Å². The molecule has 3 aromatic heterocycles. The van der Waals surface area contributed by atoms with Gasteiger partial charge in [0.1, 0.15) is 11.4 Å². The Balaban J connectivity index is 1.40. The number of carbonyl (C=O) groups excluding carboxylic acids is 1. The van der Waals surface area contributed by atoms with Crippen molar-refractivity contribution < 1.29 is 22.5 Å². The van der Waals surface area contributed by atoms with Crippen LogP contribution in [0.5, 0.6) is 0 Å². The van der Waals surface area contributed by atoms with Crippen molar-refractivity contribution in [1.29, 1.82) is 0 Å². The first-order chi connectivity index (χ1) is 14.4. The van der Waals surface area contributed by atoms with Crippen molar-refractivity contribution in [2.24, 2.45) is 5.92 Å². The quantitative estimate of drug-likeness (QED) is 0.642. The SMILES string of the molecule is O=C(c1ccc(C(F)(F)F)nc1)N1CCC[C@@H](Cc2nc(-c3cnccn3)no2)C1. The molecule has 0 spiro atoms. The highest BCUT2D eigenvalue weighted by Crippen LogP contribution is 2.28. The second kappa shape index (κ2) is 8.17. The summed E-state index contributed by atoms with van der Waals surface area (Å²) in [6.45, 7) is 0.980. The maximum absolute atomic E-state index is 12.7. The predicted octanol–water partition coefficient (Wildman–Crippen LogP) is 3.04. The van der Waals surface area contributed by atoms with E-state index in [4.69, 9.17) is 4.52 Å². The molecule has 4 rings (SSSR count). The Morgan fingerprint density at radius 3 is 2.77 bits per heavy atom. The van der Waals surface area contributed by atoms with Crippen molar-refractivity contribution in [1.82, 2.24) is 30.0 Å². The first kappa shape index (κ1) is 19.9. The molecule has 156 valence electrons. The van der Waals surface area contributed by atoms with Crippen LogP contribution in [-0.4, -0.2) is 49.0 Å². The summed E-state index contributed by atoms with van der Waals surface area (Å²) < 4.78 is 43.3. The second-order valence-corrected chi connectivity index (χ2v) is 7.00. The van der Waals surface area contributed by atoms with Crippen LogP contribution in [0.25, 0.3) is 11.5 Å². The molecule has 3 aromatic rings. The molecule has 0 radical (unpaired) electrons. The summed E-state index contributed by atoms with van der Waals surface area (Å²) >= 11 is 0. The molecule has 11 heteroatoms. The summed E-state index contributed by atoms with van der Waals surface area (Å²) in [5.74, 6) is 0.538. The van der Waals surface area contributed by atoms with Crippen LogP contribution in [0, 0.1) is 5.92 Å². The molecule has 0 bridgehead atoms. The Morgan fingerprint density at radius 1 is 1.20 bits per heavy atom. The minimum Gasteiger partial charge on any atom is -0.339 e. The molecule has 0 aliphatic carbocycles. The lowest BCUT2D eigenvalue weighted by atomic mass is 9.94. The van der Waals surface area contributed by atoms with Crippen LogP contribution in [0.15, 0.2) is 41.4 Å². The Morgan fingerprint density at radius 2 is 2.07 bits per heavy atom. The van der Waals surface area contributed by atoms with Gasteiger partial charge in [0.25, 0.3) is 5.91 Å². The minimum absolute atomic E-state index is 0.0975. The molecular weight excluding hydrogens is 401 g/mol. The molecule has 1 fully saturated rings. The molecule has 1 aliphatic rings. The fourth-order valence-corrected chi connectivity index (χ4v) is 3.39. The van der Waals surface area contributed by atoms with Gasteiger partial charge in [0.15, 0.2) is 0 Å². The number of alkyl halides is 3. The Bertz CT molecular complexity index is 1010. The lowest BCUT2D eigenvalue weighted by molar-refractivity contribution is -0.141. The zero-order chi connectivity index (χ0) is 21.1. The molecule has 4 heterocycles. The van der Waals surface area contributed by atoms with Gasteiger partial charge < -0.3 is 9.42 Å². The Kier molecular flexibility index (Phi) is 5.42. The molecule has 0 saturated carbocycles. The zero-order valence-electron chi connectivity index (χ0n) is 15.7. The highest BCUT2D eigenvalue weighted by Gasteiger charge is 2.33. The number of rotatable bonds is 4. The average molecular weight is 418 g/mol. The number of nitrogens with zero attached hydrogens (tertiary/aromatic N) is 6. The van der Waals surface area contributed by atoms with Gasteiger partial charge in [-0.2, -0.15) is 18.2 Å². The monoisotopic (exact) mass is 418 g/mol. The van der Waals surface area contributed by atoms with E-state index in [0.717, 1.165) is 31.2 Å². The van der Waals surface area contributed by atoms with E-state index in [1.54, 1.807) is 11.1 Å². The molecule has 1 saturated heterocycles. The van der Waals surface area contributed by atoms with Gasteiger partial charge in [-0.3, -0.25) is 14.8 Å². The molecule has 0 unspecified atom stereocenters. The number of carbonyl (C=O) groups is 1. The Labute approximate surface area is 169 Å². The minimum atomic E-state index is -4.54. The number of amides is 1. The van der Waals surface area contributed by atoms with Crippen LogP contribution in [0.2, 0.25) is 0 Å². The number of aromatic nitrogens is 5. The fourth-order valence-electron chi connectivity index (χ4n) is 3.39. The number of hydrogen-bond acceptors (Lipinski definition) is 7. The van der Waals surface area contributed by atoms with Crippen molar-refractivity contribution >= 4 is 5.91 Å². The number of piperidine rings is 1. The van der Waals surface area contributed by atoms with Gasteiger partial charge >= 0.3 is 6.18 Å². The highest BCUT2D eigenvalue weighted by atomic mass is 19.4. The van der Waals surface area contributed by atoms with E-state index < -0.39 is 11.9 Å². The van der Waals surface area contributed by atoms with E-state index in [1.165, 1.54) is 12.4 Å². The van der Waals surface area contributed by atoms with Gasteiger partial charge in [0.2, 0.25) is 11.7 Å². The molecule has 0 aromatic carbocycles. The second-order valence-electron chi connectivity index (χ2n) is 7.00. The van der Waals surface area contributed by atoms with E-state index in [2.05, 4.69) is 25.1 Å². The molecule has 30 heavy (non-hydrogen) atoms. The summed E-state index contributed by atoms with van der Waals surface area (Å²) in [4.78, 5) is 30.1. The van der Waals surface area contributed by atoms with Gasteiger partial charge in [-0.1, -0.05) is 5.16 Å². The third-order valence-corrected chi connectivity index (χ3v) is 4.83. The standard InChI is InChI=1S/C19H17F3N6O2/c20-19(21,22)15-4-3-13(9-25-15)18(29)28-7-1-2-12(11-28)8-16-26-17(27-30-16)14-10-23-5-6-24-14/h3-6,9-10,12H,1-2,7-8,11H2/t12-/m0/s1. The summed E-state index contributed by atoms with van der Waals surface area (Å²) in [7, 11) is 0. The topological polar surface area (TPSA) is 97.9 Å². The lowest BCUT2D eigenvalue weighted by Crippen LogP contribution is -2.40. The van der Waals surface area contributed by atoms with Gasteiger partial charge in [-0.25, -0.2) is 4.98 Å². The number of halogens is 3. The largest absolute Gasteiger partial charge is 0.433 e. The van der Waals surface area contributed by atoms with E-state index in [0.29, 0.717) is 36.9 Å². The summed E-state index contributed by atoms with van der Waals surface area (Å²) in [6, 6.07) is 1.98. The van der Waals surface area contributed by atoms with E-state index in [-0.39, 0.29) is 17.4 Å². The maximum atomic E-state index is 12.7. The third kappa shape index (κ3) is 4.44. The van der Waals surface area contributed by atoms with Crippen LogP contribution in [-0.2, 0) is 12.6 Å². The van der Waals surface area contributed by atoms with Gasteiger partial charge in [0.05, 0.1) is 11.8 Å². The molecule has 1 aliphatic heterocycles. The first-order valence-electron chi connectivity index (χ1n) is 9.31. The van der Waals surface area contributed by atoms with Crippen molar-refractivity contribution in [3.8, 4) is 11.5 Å². The molecular formula is C19H17F3N6O2. The number of likely N-dealkylation sites (tertiary alicyclic amines) is 1. The summed E-state index contributed by atoms with van der Waals surface area (Å²) in [5, 5.41) is 3.91. The van der Waals surface area contributed by atoms with Crippen molar-refractivity contribution in [2.75, 3.05) is 13.1 Å². The zero-order valence-corrected chi connectivity index (χ0v) is 15.7. The maximum Gasteiger partial charge on any atom is 0.433 e. The summed E-state index contributed by atoms with van der Waals surface area (Å²) in [6.07, 6.45) is 3.19. The van der Waals surface area contributed by atoms with Crippen molar-refractivity contribution in [3.05, 3.63) is 54.1 Å². The van der Waals surface area contributed by atoms with Gasteiger partial charge in [-0.15, -0.1) is 0 Å². The van der Waals surface area contributed by atoms with Crippen LogP contribution < -0.4 is 0 Å². The number of hydrogen-bond donors (Lipinski definition) is 0. The molecule has 1 amide bonds. The van der Waals surface area contributed by atoms with E-state index >= 15 is 0 Å². The third-order valence-electron chi connectivity index (χ3n) is 4.83.